The van der Waals surface area contributed by atoms with Crippen molar-refractivity contribution in [1.82, 2.24) is 0 Å². The van der Waals surface area contributed by atoms with Gasteiger partial charge in [0, 0.05) is 11.6 Å². The van der Waals surface area contributed by atoms with E-state index in [2.05, 4.69) is 10.6 Å². The van der Waals surface area contributed by atoms with Crippen LogP contribution in [0, 0.1) is 23.2 Å². The molecule has 2 fully saturated rings. The van der Waals surface area contributed by atoms with E-state index in [1.54, 1.807) is 32.0 Å². The summed E-state index contributed by atoms with van der Waals surface area (Å²) in [5.41, 5.74) is 0.338. The van der Waals surface area contributed by atoms with Crippen LogP contribution >= 0.6 is 11.6 Å². The van der Waals surface area contributed by atoms with Gasteiger partial charge in [-0.15, -0.1) is 0 Å². The van der Waals surface area contributed by atoms with Gasteiger partial charge in [-0.2, -0.15) is 0 Å². The second-order valence-corrected chi connectivity index (χ2v) is 7.82. The van der Waals surface area contributed by atoms with Crippen LogP contribution in [0.25, 0.3) is 0 Å². The number of halogens is 1. The Morgan fingerprint density at radius 3 is 2.32 bits per heavy atom. The number of carboxylic acids is 1. The first-order chi connectivity index (χ1) is 11.7. The topological polar surface area (TPSA) is 95.5 Å². The minimum atomic E-state index is -0.974. The average Bonchev–Trinajstić information content (AvgIpc) is 3.03. The summed E-state index contributed by atoms with van der Waals surface area (Å²) in [5, 5.41) is 15.1. The van der Waals surface area contributed by atoms with Gasteiger partial charge in [0.2, 0.25) is 11.8 Å². The fourth-order valence-electron chi connectivity index (χ4n) is 3.41. The number of hydrogen-bond acceptors (Lipinski definition) is 3. The van der Waals surface area contributed by atoms with Crippen molar-refractivity contribution in [3.63, 3.8) is 0 Å². The molecule has 2 saturated carbocycles. The molecule has 6 nitrogen and oxygen atoms in total. The fourth-order valence-corrected chi connectivity index (χ4v) is 3.58. The van der Waals surface area contributed by atoms with Crippen LogP contribution in [0.2, 0.25) is 5.02 Å². The van der Waals surface area contributed by atoms with Crippen molar-refractivity contribution in [2.45, 2.75) is 33.1 Å². The standard InChI is InChI=1S/C18H21ClN2O4/c1-18(2)13(14(18)17(24)25)16(23)21-12-8-10(6-7-11(12)19)20-15(22)9-4-3-5-9/h6-9,13-14H,3-5H2,1-2H3,(H,20,22)(H,21,23)(H,24,25)/t13-,14-/m0/s1. The van der Waals surface area contributed by atoms with Crippen LogP contribution < -0.4 is 10.6 Å². The molecule has 0 bridgehead atoms. The molecule has 2 atom stereocenters. The Bertz CT molecular complexity index is 743. The number of carbonyl (C=O) groups excluding carboxylic acids is 2. The van der Waals surface area contributed by atoms with Gasteiger partial charge in [-0.25, -0.2) is 0 Å². The minimum absolute atomic E-state index is 0.0277. The molecule has 0 spiro atoms. The van der Waals surface area contributed by atoms with E-state index in [0.29, 0.717) is 16.4 Å². The number of nitrogens with one attached hydrogen (secondary N) is 2. The van der Waals surface area contributed by atoms with Crippen LogP contribution in [0.1, 0.15) is 33.1 Å². The summed E-state index contributed by atoms with van der Waals surface area (Å²) in [7, 11) is 0. The Hall–Kier alpha value is -2.08. The quantitative estimate of drug-likeness (QED) is 0.746. The molecule has 0 radical (unpaired) electrons. The SMILES string of the molecule is CC1(C)[C@H](C(=O)O)[C@H]1C(=O)Nc1cc(NC(=O)C2CCC2)ccc1Cl. The Morgan fingerprint density at radius 2 is 1.80 bits per heavy atom. The molecule has 2 aliphatic rings. The average molecular weight is 365 g/mol. The van der Waals surface area contributed by atoms with Gasteiger partial charge in [-0.3, -0.25) is 14.4 Å². The molecule has 3 rings (SSSR count). The number of rotatable bonds is 5. The van der Waals surface area contributed by atoms with Crippen molar-refractivity contribution < 1.29 is 19.5 Å². The van der Waals surface area contributed by atoms with Crippen LogP contribution in [-0.2, 0) is 14.4 Å². The van der Waals surface area contributed by atoms with Gasteiger partial charge >= 0.3 is 5.97 Å². The van der Waals surface area contributed by atoms with Crippen molar-refractivity contribution in [1.29, 1.82) is 0 Å². The predicted octanol–water partition coefficient (Wildman–Crippen LogP) is 3.37. The lowest BCUT2D eigenvalue weighted by atomic mass is 9.85. The Kier molecular flexibility index (Phi) is 4.49. The molecular weight excluding hydrogens is 344 g/mol. The normalized spacial score (nSPS) is 24.1. The number of hydrogen-bond donors (Lipinski definition) is 3. The first kappa shape index (κ1) is 17.7. The van der Waals surface area contributed by atoms with Gasteiger partial charge in [-0.1, -0.05) is 31.9 Å². The number of aliphatic carboxylic acids is 1. The van der Waals surface area contributed by atoms with Crippen molar-refractivity contribution in [3.05, 3.63) is 23.2 Å². The molecule has 25 heavy (non-hydrogen) atoms. The zero-order valence-electron chi connectivity index (χ0n) is 14.1. The lowest BCUT2D eigenvalue weighted by Gasteiger charge is -2.24. The number of carboxylic acid groups (broad SMARTS) is 1. The van der Waals surface area contributed by atoms with Crippen molar-refractivity contribution >= 4 is 40.8 Å². The van der Waals surface area contributed by atoms with Gasteiger partial charge < -0.3 is 15.7 Å². The molecule has 2 amide bonds. The highest BCUT2D eigenvalue weighted by atomic mass is 35.5. The number of carbonyl (C=O) groups is 3. The van der Waals surface area contributed by atoms with Gasteiger partial charge in [0.15, 0.2) is 0 Å². The van der Waals surface area contributed by atoms with Gasteiger partial charge in [0.1, 0.15) is 0 Å². The molecule has 1 aromatic carbocycles. The highest BCUT2D eigenvalue weighted by Gasteiger charge is 2.65. The zero-order chi connectivity index (χ0) is 18.4. The second kappa shape index (κ2) is 6.33. The number of anilines is 2. The number of amides is 2. The van der Waals surface area contributed by atoms with Crippen LogP contribution in [0.15, 0.2) is 18.2 Å². The van der Waals surface area contributed by atoms with Gasteiger partial charge in [0.05, 0.1) is 22.5 Å². The molecule has 1 aromatic rings. The highest BCUT2D eigenvalue weighted by molar-refractivity contribution is 6.34. The summed E-state index contributed by atoms with van der Waals surface area (Å²) in [6.07, 6.45) is 2.87. The zero-order valence-corrected chi connectivity index (χ0v) is 14.9. The predicted molar refractivity (Wildman–Crippen MR) is 94.4 cm³/mol. The number of benzene rings is 1. The molecule has 0 aromatic heterocycles. The summed E-state index contributed by atoms with van der Waals surface area (Å²) in [4.78, 5) is 35.7. The summed E-state index contributed by atoms with van der Waals surface area (Å²) in [6, 6.07) is 4.87. The Labute approximate surface area is 150 Å². The third kappa shape index (κ3) is 3.35. The lowest BCUT2D eigenvalue weighted by molar-refractivity contribution is -0.140. The molecule has 134 valence electrons. The third-order valence-corrected chi connectivity index (χ3v) is 5.67. The van der Waals surface area contributed by atoms with Crippen molar-refractivity contribution in [2.24, 2.45) is 23.2 Å². The van der Waals surface area contributed by atoms with E-state index >= 15 is 0 Å². The fraction of sp³-hybridized carbons (Fsp3) is 0.500. The van der Waals surface area contributed by atoms with E-state index in [0.717, 1.165) is 19.3 Å². The third-order valence-electron chi connectivity index (χ3n) is 5.34. The molecule has 0 aliphatic heterocycles. The van der Waals surface area contributed by atoms with E-state index in [1.165, 1.54) is 0 Å². The van der Waals surface area contributed by atoms with E-state index in [1.807, 2.05) is 0 Å². The minimum Gasteiger partial charge on any atom is -0.481 e. The van der Waals surface area contributed by atoms with Crippen LogP contribution in [0.4, 0.5) is 11.4 Å². The Morgan fingerprint density at radius 1 is 1.12 bits per heavy atom. The summed E-state index contributed by atoms with van der Waals surface area (Å²) in [5.74, 6) is -2.63. The van der Waals surface area contributed by atoms with Crippen LogP contribution in [-0.4, -0.2) is 22.9 Å². The van der Waals surface area contributed by atoms with Crippen LogP contribution in [0.5, 0.6) is 0 Å². The van der Waals surface area contributed by atoms with E-state index in [-0.39, 0.29) is 17.7 Å². The van der Waals surface area contributed by atoms with Crippen molar-refractivity contribution in [2.75, 3.05) is 10.6 Å². The maximum atomic E-state index is 12.4. The maximum Gasteiger partial charge on any atom is 0.307 e. The van der Waals surface area contributed by atoms with E-state index in [4.69, 9.17) is 11.6 Å². The Balaban J connectivity index is 1.70. The van der Waals surface area contributed by atoms with Crippen LogP contribution in [0.3, 0.4) is 0 Å². The highest BCUT2D eigenvalue weighted by Crippen LogP contribution is 2.58. The molecule has 0 heterocycles. The largest absolute Gasteiger partial charge is 0.481 e. The lowest BCUT2D eigenvalue weighted by Crippen LogP contribution is -2.28. The monoisotopic (exact) mass is 364 g/mol. The summed E-state index contributed by atoms with van der Waals surface area (Å²) >= 11 is 6.13. The summed E-state index contributed by atoms with van der Waals surface area (Å²) in [6.45, 7) is 3.51. The molecule has 0 unspecified atom stereocenters. The van der Waals surface area contributed by atoms with Gasteiger partial charge in [0.25, 0.3) is 0 Å². The van der Waals surface area contributed by atoms with E-state index in [9.17, 15) is 19.5 Å². The van der Waals surface area contributed by atoms with Gasteiger partial charge in [-0.05, 0) is 36.5 Å². The molecular formula is C18H21ClN2O4. The molecule has 3 N–H and O–H groups in total. The first-order valence-electron chi connectivity index (χ1n) is 8.36. The molecule has 7 heteroatoms. The maximum absolute atomic E-state index is 12.4. The first-order valence-corrected chi connectivity index (χ1v) is 8.73. The smallest absolute Gasteiger partial charge is 0.307 e. The van der Waals surface area contributed by atoms with Crippen molar-refractivity contribution in [3.8, 4) is 0 Å². The second-order valence-electron chi connectivity index (χ2n) is 7.42. The molecule has 2 aliphatic carbocycles. The van der Waals surface area contributed by atoms with E-state index < -0.39 is 23.2 Å². The molecule has 0 saturated heterocycles. The summed E-state index contributed by atoms with van der Waals surface area (Å²) < 4.78 is 0.